The minimum absolute atomic E-state index is 0.216. The number of halogens is 1. The molecule has 1 amide bonds. The van der Waals surface area contributed by atoms with Crippen molar-refractivity contribution in [3.63, 3.8) is 0 Å². The van der Waals surface area contributed by atoms with E-state index in [0.717, 1.165) is 16.9 Å². The van der Waals surface area contributed by atoms with Crippen molar-refractivity contribution in [1.82, 2.24) is 15.2 Å². The zero-order valence-electron chi connectivity index (χ0n) is 13.8. The summed E-state index contributed by atoms with van der Waals surface area (Å²) in [6, 6.07) is 7.98. The lowest BCUT2D eigenvalue weighted by atomic mass is 10.2. The number of aromatic nitrogens is 2. The first kappa shape index (κ1) is 17.1. The molecule has 5 nitrogen and oxygen atoms in total. The molecule has 0 aliphatic carbocycles. The number of aryl methyl sites for hydroxylation is 3. The molecule has 1 heterocycles. The molecule has 122 valence electrons. The van der Waals surface area contributed by atoms with Crippen molar-refractivity contribution in [2.24, 2.45) is 7.05 Å². The van der Waals surface area contributed by atoms with E-state index in [9.17, 15) is 4.79 Å². The summed E-state index contributed by atoms with van der Waals surface area (Å²) >= 11 is 6.15. The zero-order valence-corrected chi connectivity index (χ0v) is 14.6. The first-order chi connectivity index (χ1) is 10.9. The van der Waals surface area contributed by atoms with Crippen LogP contribution in [0.5, 0.6) is 0 Å². The molecule has 0 atom stereocenters. The molecular formula is C17H21ClN4O. The maximum absolute atomic E-state index is 12.1. The van der Waals surface area contributed by atoms with Crippen molar-refractivity contribution in [3.8, 4) is 0 Å². The Morgan fingerprint density at radius 1 is 1.35 bits per heavy atom. The molecule has 2 aromatic rings. The van der Waals surface area contributed by atoms with Gasteiger partial charge in [-0.15, -0.1) is 0 Å². The Balaban J connectivity index is 2.08. The number of hydrogen-bond donors (Lipinski definition) is 1. The molecule has 0 spiro atoms. The molecule has 0 bridgehead atoms. The highest BCUT2D eigenvalue weighted by Crippen LogP contribution is 2.20. The molecule has 1 N–H and O–H groups in total. The number of benzene rings is 1. The number of hydrogen-bond acceptors (Lipinski definition) is 3. The molecule has 0 fully saturated rings. The lowest BCUT2D eigenvalue weighted by Crippen LogP contribution is -2.41. The van der Waals surface area contributed by atoms with E-state index >= 15 is 0 Å². The van der Waals surface area contributed by atoms with Crippen molar-refractivity contribution in [2.45, 2.75) is 20.8 Å². The molecule has 0 unspecified atom stereocenters. The Kier molecular flexibility index (Phi) is 5.45. The highest BCUT2D eigenvalue weighted by molar-refractivity contribution is 6.31. The van der Waals surface area contributed by atoms with Crippen LogP contribution in [0.4, 0.5) is 5.69 Å². The van der Waals surface area contributed by atoms with Gasteiger partial charge in [0.25, 0.3) is 5.91 Å². The van der Waals surface area contributed by atoms with Gasteiger partial charge in [-0.25, -0.2) is 0 Å². The number of anilines is 1. The van der Waals surface area contributed by atoms with Gasteiger partial charge in [0.1, 0.15) is 5.15 Å². The van der Waals surface area contributed by atoms with Crippen LogP contribution in [0.15, 0.2) is 30.3 Å². The number of nitrogens with one attached hydrogen (secondary N) is 1. The smallest absolute Gasteiger partial charge is 0.262 e. The molecule has 23 heavy (non-hydrogen) atoms. The van der Waals surface area contributed by atoms with Gasteiger partial charge < -0.3 is 0 Å². The summed E-state index contributed by atoms with van der Waals surface area (Å²) in [5.74, 6) is -0.216. The topological polar surface area (TPSA) is 50.2 Å². The second kappa shape index (κ2) is 7.33. The maximum Gasteiger partial charge on any atom is 0.262 e. The fourth-order valence-corrected chi connectivity index (χ4v) is 2.45. The second-order valence-electron chi connectivity index (χ2n) is 5.30. The summed E-state index contributed by atoms with van der Waals surface area (Å²) in [4.78, 5) is 12.1. The Hall–Kier alpha value is -2.27. The normalized spacial score (nSPS) is 11.0. The number of carbonyl (C=O) groups excluding carboxylic acids is 1. The van der Waals surface area contributed by atoms with Crippen LogP contribution in [0, 0.1) is 13.8 Å². The summed E-state index contributed by atoms with van der Waals surface area (Å²) in [6.07, 6.45) is 3.15. The highest BCUT2D eigenvalue weighted by Gasteiger charge is 2.10. The average Bonchev–Trinajstić information content (AvgIpc) is 2.77. The summed E-state index contributed by atoms with van der Waals surface area (Å²) in [5, 5.41) is 6.52. The summed E-state index contributed by atoms with van der Waals surface area (Å²) < 4.78 is 1.58. The lowest BCUT2D eigenvalue weighted by molar-refractivity contribution is -0.116. The van der Waals surface area contributed by atoms with Crippen LogP contribution in [-0.2, 0) is 11.8 Å². The van der Waals surface area contributed by atoms with Crippen LogP contribution in [0.3, 0.4) is 0 Å². The lowest BCUT2D eigenvalue weighted by Gasteiger charge is -2.23. The van der Waals surface area contributed by atoms with E-state index in [1.807, 2.05) is 45.0 Å². The fourth-order valence-electron chi connectivity index (χ4n) is 2.22. The predicted molar refractivity (Wildman–Crippen MR) is 94.3 cm³/mol. The van der Waals surface area contributed by atoms with Crippen molar-refractivity contribution >= 4 is 29.3 Å². The third-order valence-electron chi connectivity index (χ3n) is 3.50. The monoisotopic (exact) mass is 332 g/mol. The van der Waals surface area contributed by atoms with E-state index in [2.05, 4.69) is 10.5 Å². The largest absolute Gasteiger partial charge is 0.286 e. The minimum atomic E-state index is -0.216. The Bertz CT molecular complexity index is 719. The number of rotatable bonds is 5. The van der Waals surface area contributed by atoms with Crippen LogP contribution in [0.25, 0.3) is 6.08 Å². The van der Waals surface area contributed by atoms with Gasteiger partial charge in [0.05, 0.1) is 11.4 Å². The van der Waals surface area contributed by atoms with E-state index in [1.54, 1.807) is 22.8 Å². The van der Waals surface area contributed by atoms with E-state index in [1.165, 1.54) is 11.6 Å². The first-order valence-corrected chi connectivity index (χ1v) is 7.82. The molecule has 0 aliphatic heterocycles. The Labute approximate surface area is 141 Å². The van der Waals surface area contributed by atoms with Crippen molar-refractivity contribution in [1.29, 1.82) is 0 Å². The van der Waals surface area contributed by atoms with Crippen molar-refractivity contribution < 1.29 is 4.79 Å². The number of carbonyl (C=O) groups is 1. The second-order valence-corrected chi connectivity index (χ2v) is 5.66. The van der Waals surface area contributed by atoms with Crippen LogP contribution in [0.1, 0.15) is 23.7 Å². The highest BCUT2D eigenvalue weighted by atomic mass is 35.5. The quantitative estimate of drug-likeness (QED) is 0.675. The average molecular weight is 333 g/mol. The summed E-state index contributed by atoms with van der Waals surface area (Å²) in [7, 11) is 1.77. The van der Waals surface area contributed by atoms with Crippen molar-refractivity contribution in [2.75, 3.05) is 11.6 Å². The molecule has 0 saturated carbocycles. The predicted octanol–water partition coefficient (Wildman–Crippen LogP) is 3.26. The standard InChI is InChI=1S/C17H21ClN4O/c1-5-22(14-8-6-12(2)7-9-14)20-16(23)11-10-15-13(3)19-21(4)17(15)18/h6-11H,5H2,1-4H3,(H,20,23)/b11-10+. The van der Waals surface area contributed by atoms with Gasteiger partial charge in [-0.2, -0.15) is 5.10 Å². The third kappa shape index (κ3) is 4.13. The van der Waals surface area contributed by atoms with Crippen LogP contribution in [-0.4, -0.2) is 22.2 Å². The minimum Gasteiger partial charge on any atom is -0.286 e. The molecule has 1 aromatic carbocycles. The van der Waals surface area contributed by atoms with Crippen LogP contribution in [0.2, 0.25) is 5.15 Å². The fraction of sp³-hybridized carbons (Fsp3) is 0.294. The molecule has 6 heteroatoms. The van der Waals surface area contributed by atoms with Gasteiger partial charge in [0.2, 0.25) is 0 Å². The SMILES string of the molecule is CCN(NC(=O)/C=C/c1c(C)nn(C)c1Cl)c1ccc(C)cc1. The molecule has 2 rings (SSSR count). The number of amides is 1. The van der Waals surface area contributed by atoms with E-state index < -0.39 is 0 Å². The van der Waals surface area contributed by atoms with E-state index in [0.29, 0.717) is 11.7 Å². The van der Waals surface area contributed by atoms with Gasteiger partial charge in [0.15, 0.2) is 0 Å². The third-order valence-corrected chi connectivity index (χ3v) is 3.95. The van der Waals surface area contributed by atoms with Crippen molar-refractivity contribution in [3.05, 3.63) is 52.3 Å². The maximum atomic E-state index is 12.1. The van der Waals surface area contributed by atoms with Gasteiger partial charge in [0, 0.05) is 25.2 Å². The van der Waals surface area contributed by atoms with Crippen LogP contribution < -0.4 is 10.4 Å². The van der Waals surface area contributed by atoms with Crippen LogP contribution >= 0.6 is 11.6 Å². The molecule has 0 radical (unpaired) electrons. The summed E-state index contributed by atoms with van der Waals surface area (Å²) in [5.41, 5.74) is 6.51. The Morgan fingerprint density at radius 2 is 2.00 bits per heavy atom. The molecule has 0 saturated heterocycles. The van der Waals surface area contributed by atoms with Gasteiger partial charge in [-0.05, 0) is 39.0 Å². The first-order valence-electron chi connectivity index (χ1n) is 7.44. The number of nitrogens with zero attached hydrogens (tertiary/aromatic N) is 3. The van der Waals surface area contributed by atoms with E-state index in [-0.39, 0.29) is 5.91 Å². The van der Waals surface area contributed by atoms with E-state index in [4.69, 9.17) is 11.6 Å². The van der Waals surface area contributed by atoms with Gasteiger partial charge in [-0.1, -0.05) is 29.3 Å². The van der Waals surface area contributed by atoms with Gasteiger partial charge in [-0.3, -0.25) is 19.9 Å². The summed E-state index contributed by atoms with van der Waals surface area (Å²) in [6.45, 7) is 6.52. The zero-order chi connectivity index (χ0) is 17.0. The molecule has 1 aromatic heterocycles. The Morgan fingerprint density at radius 3 is 2.52 bits per heavy atom. The molecule has 0 aliphatic rings. The van der Waals surface area contributed by atoms with Gasteiger partial charge >= 0.3 is 0 Å². The number of hydrazine groups is 1. The molecular weight excluding hydrogens is 312 g/mol.